The molecule has 0 unspecified atom stereocenters. The van der Waals surface area contributed by atoms with Gasteiger partial charge in [-0.05, 0) is 69.0 Å². The molecule has 0 atom stereocenters. The summed E-state index contributed by atoms with van der Waals surface area (Å²) in [6.45, 7) is 6.70. The molecule has 0 amide bonds. The van der Waals surface area contributed by atoms with E-state index in [0.717, 1.165) is 34.9 Å². The average Bonchev–Trinajstić information content (AvgIpc) is 2.78. The van der Waals surface area contributed by atoms with Gasteiger partial charge in [-0.15, -0.1) is 0 Å². The van der Waals surface area contributed by atoms with E-state index in [2.05, 4.69) is 69.3 Å². The van der Waals surface area contributed by atoms with Gasteiger partial charge in [0.2, 0.25) is 0 Å². The molecule has 0 aliphatic heterocycles. The molecule has 0 radical (unpaired) electrons. The molecular formula is C30H27ClO. The van der Waals surface area contributed by atoms with Crippen LogP contribution in [0.5, 0.6) is 0 Å². The fraction of sp³-hybridized carbons (Fsp3) is 0.233. The van der Waals surface area contributed by atoms with Crippen molar-refractivity contribution in [1.29, 1.82) is 0 Å². The third-order valence-corrected chi connectivity index (χ3v) is 6.85. The zero-order valence-corrected chi connectivity index (χ0v) is 19.6. The SMILES string of the molecule is CC(C)(C)c1ccc(-c2c3c(c(-c4ccc(Cl)cc4)c4ccccc24)C(=O)CCC3)cc1. The number of hydrogen-bond acceptors (Lipinski definition) is 1. The van der Waals surface area contributed by atoms with Gasteiger partial charge in [0.25, 0.3) is 0 Å². The van der Waals surface area contributed by atoms with E-state index in [1.54, 1.807) is 0 Å². The molecule has 0 heterocycles. The second-order valence-electron chi connectivity index (χ2n) is 9.76. The normalized spacial score (nSPS) is 13.9. The van der Waals surface area contributed by atoms with Gasteiger partial charge in [0.05, 0.1) is 0 Å². The summed E-state index contributed by atoms with van der Waals surface area (Å²) in [5.41, 5.74) is 7.99. The lowest BCUT2D eigenvalue weighted by atomic mass is 9.77. The first kappa shape index (κ1) is 21.0. The lowest BCUT2D eigenvalue weighted by Crippen LogP contribution is -2.15. The summed E-state index contributed by atoms with van der Waals surface area (Å²) in [6, 6.07) is 25.3. The Balaban J connectivity index is 1.85. The maximum Gasteiger partial charge on any atom is 0.163 e. The minimum Gasteiger partial charge on any atom is -0.294 e. The fourth-order valence-electron chi connectivity index (χ4n) is 4.98. The van der Waals surface area contributed by atoms with Gasteiger partial charge in [-0.3, -0.25) is 4.79 Å². The van der Waals surface area contributed by atoms with Crippen LogP contribution < -0.4 is 0 Å². The Hall–Kier alpha value is -2.90. The number of fused-ring (bicyclic) bond motifs is 2. The molecule has 0 aromatic heterocycles. The average molecular weight is 439 g/mol. The molecule has 4 aromatic rings. The van der Waals surface area contributed by atoms with Crippen LogP contribution in [-0.2, 0) is 11.8 Å². The van der Waals surface area contributed by atoms with Gasteiger partial charge in [-0.25, -0.2) is 0 Å². The number of rotatable bonds is 2. The van der Waals surface area contributed by atoms with E-state index in [1.165, 1.54) is 27.6 Å². The highest BCUT2D eigenvalue weighted by molar-refractivity contribution is 6.30. The monoisotopic (exact) mass is 438 g/mol. The molecule has 0 saturated carbocycles. The second kappa shape index (κ2) is 7.90. The van der Waals surface area contributed by atoms with Crippen molar-refractivity contribution in [3.05, 3.63) is 94.5 Å². The van der Waals surface area contributed by atoms with E-state index >= 15 is 0 Å². The molecular weight excluding hydrogens is 412 g/mol. The maximum absolute atomic E-state index is 13.3. The summed E-state index contributed by atoms with van der Waals surface area (Å²) in [6.07, 6.45) is 2.43. The fourth-order valence-corrected chi connectivity index (χ4v) is 5.11. The molecule has 0 bridgehead atoms. The number of Topliss-reactive ketones (excluding diaryl/α,β-unsaturated/α-hetero) is 1. The van der Waals surface area contributed by atoms with Crippen molar-refractivity contribution in [3.8, 4) is 22.3 Å². The van der Waals surface area contributed by atoms with Gasteiger partial charge in [-0.2, -0.15) is 0 Å². The van der Waals surface area contributed by atoms with Crippen molar-refractivity contribution in [1.82, 2.24) is 0 Å². The molecule has 4 aromatic carbocycles. The maximum atomic E-state index is 13.3. The number of carbonyl (C=O) groups is 1. The van der Waals surface area contributed by atoms with E-state index in [1.807, 2.05) is 24.3 Å². The summed E-state index contributed by atoms with van der Waals surface area (Å²) in [4.78, 5) is 13.3. The Morgan fingerprint density at radius 1 is 0.688 bits per heavy atom. The van der Waals surface area contributed by atoms with Crippen molar-refractivity contribution in [2.24, 2.45) is 0 Å². The van der Waals surface area contributed by atoms with Crippen LogP contribution >= 0.6 is 11.6 Å². The van der Waals surface area contributed by atoms with Crippen LogP contribution in [0.4, 0.5) is 0 Å². The highest BCUT2D eigenvalue weighted by Crippen LogP contribution is 2.45. The highest BCUT2D eigenvalue weighted by atomic mass is 35.5. The van der Waals surface area contributed by atoms with Crippen molar-refractivity contribution in [2.45, 2.75) is 45.4 Å². The summed E-state index contributed by atoms with van der Waals surface area (Å²) in [7, 11) is 0. The Morgan fingerprint density at radius 2 is 1.25 bits per heavy atom. The molecule has 2 heteroatoms. The van der Waals surface area contributed by atoms with E-state index in [9.17, 15) is 4.79 Å². The van der Waals surface area contributed by atoms with Crippen molar-refractivity contribution in [3.63, 3.8) is 0 Å². The largest absolute Gasteiger partial charge is 0.294 e. The van der Waals surface area contributed by atoms with Crippen LogP contribution in [0.25, 0.3) is 33.0 Å². The first-order valence-corrected chi connectivity index (χ1v) is 11.7. The Morgan fingerprint density at radius 3 is 1.88 bits per heavy atom. The second-order valence-corrected chi connectivity index (χ2v) is 10.2. The minimum absolute atomic E-state index is 0.106. The van der Waals surface area contributed by atoms with Gasteiger partial charge < -0.3 is 0 Å². The molecule has 1 nitrogen and oxygen atoms in total. The molecule has 5 rings (SSSR count). The van der Waals surface area contributed by atoms with Gasteiger partial charge in [0.1, 0.15) is 0 Å². The van der Waals surface area contributed by atoms with Crippen LogP contribution in [0.3, 0.4) is 0 Å². The number of halogens is 1. The van der Waals surface area contributed by atoms with E-state index in [-0.39, 0.29) is 11.2 Å². The zero-order valence-electron chi connectivity index (χ0n) is 18.8. The van der Waals surface area contributed by atoms with Gasteiger partial charge in [-0.1, -0.05) is 93.0 Å². The van der Waals surface area contributed by atoms with Crippen LogP contribution in [0, 0.1) is 0 Å². The summed E-state index contributed by atoms with van der Waals surface area (Å²) in [5, 5.41) is 3.03. The highest BCUT2D eigenvalue weighted by Gasteiger charge is 2.28. The third kappa shape index (κ3) is 3.55. The van der Waals surface area contributed by atoms with Gasteiger partial charge >= 0.3 is 0 Å². The summed E-state index contributed by atoms with van der Waals surface area (Å²) < 4.78 is 0. The molecule has 0 saturated heterocycles. The van der Waals surface area contributed by atoms with Crippen LogP contribution in [0.2, 0.25) is 5.02 Å². The van der Waals surface area contributed by atoms with Crippen LogP contribution in [0.1, 0.15) is 55.1 Å². The van der Waals surface area contributed by atoms with Gasteiger partial charge in [0, 0.05) is 22.6 Å². The minimum atomic E-state index is 0.106. The Labute approximate surface area is 195 Å². The number of hydrogen-bond donors (Lipinski definition) is 0. The molecule has 0 fully saturated rings. The number of carbonyl (C=O) groups excluding carboxylic acids is 1. The predicted octanol–water partition coefficient (Wildman–Crippen LogP) is 8.64. The Bertz CT molecular complexity index is 1320. The predicted molar refractivity (Wildman–Crippen MR) is 136 cm³/mol. The van der Waals surface area contributed by atoms with Crippen LogP contribution in [-0.4, -0.2) is 5.78 Å². The number of ketones is 1. The van der Waals surface area contributed by atoms with Gasteiger partial charge in [0.15, 0.2) is 5.78 Å². The first-order chi connectivity index (χ1) is 15.3. The molecule has 0 N–H and O–H groups in total. The third-order valence-electron chi connectivity index (χ3n) is 6.60. The van der Waals surface area contributed by atoms with Crippen molar-refractivity contribution < 1.29 is 4.79 Å². The van der Waals surface area contributed by atoms with Crippen molar-refractivity contribution >= 4 is 28.2 Å². The summed E-state index contributed by atoms with van der Waals surface area (Å²) in [5.74, 6) is 0.245. The Kier molecular flexibility index (Phi) is 5.18. The van der Waals surface area contributed by atoms with E-state index in [0.29, 0.717) is 11.4 Å². The standard InChI is InChI=1S/C30H27ClO/c1-30(2,3)21-15-11-19(12-16-21)27-23-7-4-5-8-24(23)28(20-13-17-22(31)18-14-20)29-25(27)9-6-10-26(29)32/h4-5,7-8,11-18H,6,9-10H2,1-3H3. The molecule has 32 heavy (non-hydrogen) atoms. The first-order valence-electron chi connectivity index (χ1n) is 11.3. The van der Waals surface area contributed by atoms with Crippen LogP contribution in [0.15, 0.2) is 72.8 Å². The lowest BCUT2D eigenvalue weighted by molar-refractivity contribution is 0.0973. The zero-order chi connectivity index (χ0) is 22.5. The molecule has 160 valence electrons. The number of benzene rings is 4. The molecule has 0 spiro atoms. The van der Waals surface area contributed by atoms with E-state index < -0.39 is 0 Å². The molecule has 1 aliphatic rings. The molecule has 1 aliphatic carbocycles. The quantitative estimate of drug-likeness (QED) is 0.306. The smallest absolute Gasteiger partial charge is 0.163 e. The lowest BCUT2D eigenvalue weighted by Gasteiger charge is -2.26. The van der Waals surface area contributed by atoms with Crippen molar-refractivity contribution in [2.75, 3.05) is 0 Å². The van der Waals surface area contributed by atoms with E-state index in [4.69, 9.17) is 11.6 Å². The summed E-state index contributed by atoms with van der Waals surface area (Å²) >= 11 is 6.17. The topological polar surface area (TPSA) is 17.1 Å².